The third-order valence-electron chi connectivity index (χ3n) is 2.84. The van der Waals surface area contributed by atoms with Crippen molar-refractivity contribution in [1.82, 2.24) is 0 Å². The number of ketones is 1. The number of ether oxygens (including phenoxy) is 1. The van der Waals surface area contributed by atoms with E-state index in [1.54, 1.807) is 42.5 Å². The summed E-state index contributed by atoms with van der Waals surface area (Å²) in [4.78, 5) is 12.0. The van der Waals surface area contributed by atoms with Crippen LogP contribution in [0.5, 0.6) is 5.75 Å². The predicted molar refractivity (Wildman–Crippen MR) is 80.1 cm³/mol. The van der Waals surface area contributed by atoms with E-state index in [1.165, 1.54) is 19.2 Å². The van der Waals surface area contributed by atoms with E-state index in [-0.39, 0.29) is 10.7 Å². The Bertz CT molecular complexity index is 745. The second kappa shape index (κ2) is 6.37. The monoisotopic (exact) mass is 302 g/mol. The summed E-state index contributed by atoms with van der Waals surface area (Å²) < 4.78 is 29.1. The van der Waals surface area contributed by atoms with Crippen LogP contribution >= 0.6 is 0 Å². The molecule has 4 nitrogen and oxygen atoms in total. The van der Waals surface area contributed by atoms with Crippen molar-refractivity contribution in [1.29, 1.82) is 0 Å². The van der Waals surface area contributed by atoms with Crippen LogP contribution in [-0.4, -0.2) is 21.3 Å². The van der Waals surface area contributed by atoms with Crippen LogP contribution in [-0.2, 0) is 9.84 Å². The lowest BCUT2D eigenvalue weighted by atomic mass is 10.1. The normalized spacial score (nSPS) is 11.5. The van der Waals surface area contributed by atoms with Crippen molar-refractivity contribution in [3.63, 3.8) is 0 Å². The van der Waals surface area contributed by atoms with Crippen LogP contribution < -0.4 is 4.74 Å². The van der Waals surface area contributed by atoms with Crippen molar-refractivity contribution in [2.45, 2.75) is 4.90 Å². The van der Waals surface area contributed by atoms with Crippen LogP contribution in [0.3, 0.4) is 0 Å². The molecule has 0 spiro atoms. The Kier molecular flexibility index (Phi) is 4.55. The number of rotatable bonds is 5. The van der Waals surface area contributed by atoms with Crippen LogP contribution in [0, 0.1) is 0 Å². The van der Waals surface area contributed by atoms with Crippen molar-refractivity contribution in [3.8, 4) is 5.75 Å². The molecule has 0 N–H and O–H groups in total. The summed E-state index contributed by atoms with van der Waals surface area (Å²) in [5, 5.41) is 0.921. The van der Waals surface area contributed by atoms with Gasteiger partial charge >= 0.3 is 0 Å². The maximum atomic E-state index is 12.1. The molecular weight excluding hydrogens is 288 g/mol. The van der Waals surface area contributed by atoms with Crippen LogP contribution in [0.15, 0.2) is 71.0 Å². The quantitative estimate of drug-likeness (QED) is 0.629. The summed E-state index contributed by atoms with van der Waals surface area (Å²) in [6.45, 7) is 0. The van der Waals surface area contributed by atoms with E-state index in [4.69, 9.17) is 4.74 Å². The molecule has 5 heteroatoms. The Labute approximate surface area is 123 Å². The number of carbonyl (C=O) groups excluding carboxylic acids is 1. The van der Waals surface area contributed by atoms with Gasteiger partial charge in [-0.25, -0.2) is 8.42 Å². The predicted octanol–water partition coefficient (Wildman–Crippen LogP) is 2.87. The van der Waals surface area contributed by atoms with Crippen molar-refractivity contribution in [3.05, 3.63) is 71.6 Å². The highest BCUT2D eigenvalue weighted by Gasteiger charge is 2.11. The van der Waals surface area contributed by atoms with Gasteiger partial charge in [0, 0.05) is 11.0 Å². The first-order valence-corrected chi connectivity index (χ1v) is 7.74. The van der Waals surface area contributed by atoms with Gasteiger partial charge in [0.15, 0.2) is 15.6 Å². The van der Waals surface area contributed by atoms with Crippen molar-refractivity contribution < 1.29 is 17.9 Å². The summed E-state index contributed by atoms with van der Waals surface area (Å²) in [6, 6.07) is 14.5. The minimum absolute atomic E-state index is 0.111. The highest BCUT2D eigenvalue weighted by Crippen LogP contribution is 2.17. The van der Waals surface area contributed by atoms with Gasteiger partial charge in [-0.1, -0.05) is 30.3 Å². The second-order valence-corrected chi connectivity index (χ2v) is 6.09. The molecular formula is C16H14O4S. The number of benzene rings is 2. The average Bonchev–Trinajstić information content (AvgIpc) is 2.53. The molecule has 2 rings (SSSR count). The van der Waals surface area contributed by atoms with Crippen LogP contribution in [0.4, 0.5) is 0 Å². The molecule has 0 aliphatic carbocycles. The lowest BCUT2D eigenvalue weighted by Gasteiger charge is -2.01. The maximum absolute atomic E-state index is 12.1. The van der Waals surface area contributed by atoms with Crippen molar-refractivity contribution in [2.24, 2.45) is 0 Å². The van der Waals surface area contributed by atoms with E-state index in [9.17, 15) is 13.2 Å². The van der Waals surface area contributed by atoms with E-state index < -0.39 is 9.84 Å². The third-order valence-corrected chi connectivity index (χ3v) is 4.27. The van der Waals surface area contributed by atoms with E-state index in [1.807, 2.05) is 0 Å². The fourth-order valence-electron chi connectivity index (χ4n) is 1.69. The minimum Gasteiger partial charge on any atom is -0.497 e. The van der Waals surface area contributed by atoms with Gasteiger partial charge in [0.2, 0.25) is 0 Å². The van der Waals surface area contributed by atoms with E-state index >= 15 is 0 Å². The zero-order chi connectivity index (χ0) is 15.3. The van der Waals surface area contributed by atoms with Gasteiger partial charge in [-0.05, 0) is 30.3 Å². The molecule has 0 saturated heterocycles. The van der Waals surface area contributed by atoms with E-state index in [0.717, 1.165) is 11.5 Å². The lowest BCUT2D eigenvalue weighted by molar-refractivity contribution is 0.104. The number of carbonyl (C=O) groups is 1. The van der Waals surface area contributed by atoms with E-state index in [0.29, 0.717) is 11.3 Å². The molecule has 0 saturated carbocycles. The number of allylic oxidation sites excluding steroid dienone is 1. The number of methoxy groups -OCH3 is 1. The first-order chi connectivity index (χ1) is 10.0. The molecule has 108 valence electrons. The molecule has 21 heavy (non-hydrogen) atoms. The topological polar surface area (TPSA) is 60.4 Å². The Hall–Kier alpha value is -2.40. The highest BCUT2D eigenvalue weighted by molar-refractivity contribution is 7.94. The average molecular weight is 302 g/mol. The largest absolute Gasteiger partial charge is 0.497 e. The molecule has 0 heterocycles. The SMILES string of the molecule is COc1ccc(S(=O)(=O)/C=C/C(=O)c2ccccc2)cc1. The van der Waals surface area contributed by atoms with Gasteiger partial charge in [0.05, 0.1) is 12.0 Å². The maximum Gasteiger partial charge on any atom is 0.199 e. The number of hydrogen-bond acceptors (Lipinski definition) is 4. The lowest BCUT2D eigenvalue weighted by Crippen LogP contribution is -1.99. The fourth-order valence-corrected chi connectivity index (χ4v) is 2.67. The van der Waals surface area contributed by atoms with Gasteiger partial charge in [-0.3, -0.25) is 4.79 Å². The van der Waals surface area contributed by atoms with Gasteiger partial charge in [0.1, 0.15) is 5.75 Å². The zero-order valence-electron chi connectivity index (χ0n) is 11.4. The molecule has 0 unspecified atom stereocenters. The van der Waals surface area contributed by atoms with Crippen molar-refractivity contribution in [2.75, 3.05) is 7.11 Å². The fraction of sp³-hybridized carbons (Fsp3) is 0.0625. The molecule has 2 aromatic rings. The minimum atomic E-state index is -3.65. The summed E-state index contributed by atoms with van der Waals surface area (Å²) in [5.74, 6) is 0.214. The summed E-state index contributed by atoms with van der Waals surface area (Å²) in [7, 11) is -2.14. The first kappa shape index (κ1) is 15.0. The standard InChI is InChI=1S/C16H14O4S/c1-20-14-7-9-15(10-8-14)21(18,19)12-11-16(17)13-5-3-2-4-6-13/h2-12H,1H3/b12-11+. The molecule has 0 aromatic heterocycles. The van der Waals surface area contributed by atoms with Gasteiger partial charge in [-0.2, -0.15) is 0 Å². The second-order valence-electron chi connectivity index (χ2n) is 4.25. The van der Waals surface area contributed by atoms with Crippen LogP contribution in [0.1, 0.15) is 10.4 Å². The third kappa shape index (κ3) is 3.79. The summed E-state index contributed by atoms with van der Waals surface area (Å²) in [5.41, 5.74) is 0.443. The van der Waals surface area contributed by atoms with Crippen LogP contribution in [0.2, 0.25) is 0 Å². The van der Waals surface area contributed by atoms with Gasteiger partial charge in [0.25, 0.3) is 0 Å². The number of hydrogen-bond donors (Lipinski definition) is 0. The molecule has 2 aromatic carbocycles. The molecule has 0 radical (unpaired) electrons. The molecule has 0 amide bonds. The molecule has 0 aliphatic heterocycles. The Morgan fingerprint density at radius 1 is 1.00 bits per heavy atom. The van der Waals surface area contributed by atoms with Gasteiger partial charge in [-0.15, -0.1) is 0 Å². The van der Waals surface area contributed by atoms with Crippen molar-refractivity contribution >= 4 is 15.6 Å². The smallest absolute Gasteiger partial charge is 0.199 e. The zero-order valence-corrected chi connectivity index (χ0v) is 12.2. The number of sulfone groups is 1. The first-order valence-electron chi connectivity index (χ1n) is 6.19. The summed E-state index contributed by atoms with van der Waals surface area (Å²) >= 11 is 0. The molecule has 0 bridgehead atoms. The molecule has 0 aliphatic rings. The Morgan fingerprint density at radius 3 is 2.19 bits per heavy atom. The molecule has 0 fully saturated rings. The van der Waals surface area contributed by atoms with E-state index in [2.05, 4.69) is 0 Å². The molecule has 0 atom stereocenters. The Balaban J connectivity index is 2.20. The van der Waals surface area contributed by atoms with Gasteiger partial charge < -0.3 is 4.74 Å². The van der Waals surface area contributed by atoms with Crippen LogP contribution in [0.25, 0.3) is 0 Å². The highest BCUT2D eigenvalue weighted by atomic mass is 32.2. The summed E-state index contributed by atoms with van der Waals surface area (Å²) in [6.07, 6.45) is 1.06. The Morgan fingerprint density at radius 2 is 1.62 bits per heavy atom.